The van der Waals surface area contributed by atoms with Crippen LogP contribution in [-0.2, 0) is 6.61 Å². The highest BCUT2D eigenvalue weighted by molar-refractivity contribution is 5.83. The first-order valence-corrected chi connectivity index (χ1v) is 10.1. The molecule has 1 aromatic heterocycles. The molecule has 0 bridgehead atoms. The molecule has 4 rings (SSSR count). The van der Waals surface area contributed by atoms with E-state index in [0.717, 1.165) is 11.1 Å². The van der Waals surface area contributed by atoms with Crippen molar-refractivity contribution in [2.75, 3.05) is 14.2 Å². The first kappa shape index (κ1) is 21.4. The van der Waals surface area contributed by atoms with Gasteiger partial charge in [0, 0.05) is 11.1 Å². The Morgan fingerprint density at radius 1 is 0.906 bits per heavy atom. The third-order valence-electron chi connectivity index (χ3n) is 5.44. The monoisotopic (exact) mass is 434 g/mol. The third kappa shape index (κ3) is 3.91. The van der Waals surface area contributed by atoms with Crippen LogP contribution in [0, 0.1) is 19.7 Å². The minimum atomic E-state index is -0.406. The van der Waals surface area contributed by atoms with Crippen molar-refractivity contribution in [1.29, 1.82) is 0 Å². The summed E-state index contributed by atoms with van der Waals surface area (Å²) in [6.45, 7) is 3.76. The molecule has 5 nitrogen and oxygen atoms in total. The van der Waals surface area contributed by atoms with Crippen LogP contribution in [0.2, 0.25) is 0 Å². The highest BCUT2D eigenvalue weighted by atomic mass is 19.1. The predicted molar refractivity (Wildman–Crippen MR) is 121 cm³/mol. The molecule has 0 aliphatic carbocycles. The number of hydrogen-bond acceptors (Lipinski definition) is 5. The Hall–Kier alpha value is -3.80. The molecule has 0 atom stereocenters. The van der Waals surface area contributed by atoms with Crippen molar-refractivity contribution in [3.8, 4) is 28.6 Å². The number of rotatable bonds is 6. The van der Waals surface area contributed by atoms with Crippen molar-refractivity contribution in [2.24, 2.45) is 0 Å². The average molecular weight is 434 g/mol. The van der Waals surface area contributed by atoms with Gasteiger partial charge in [0.05, 0.1) is 19.6 Å². The fourth-order valence-electron chi connectivity index (χ4n) is 3.50. The van der Waals surface area contributed by atoms with Crippen LogP contribution in [0.25, 0.3) is 22.3 Å². The van der Waals surface area contributed by atoms with E-state index in [-0.39, 0.29) is 23.5 Å². The van der Waals surface area contributed by atoms with Crippen molar-refractivity contribution in [1.82, 2.24) is 0 Å². The molecule has 0 radical (unpaired) electrons. The highest BCUT2D eigenvalue weighted by Gasteiger charge is 2.20. The fraction of sp³-hybridized carbons (Fsp3) is 0.192. The summed E-state index contributed by atoms with van der Waals surface area (Å²) < 4.78 is 36.9. The van der Waals surface area contributed by atoms with Gasteiger partial charge in [-0.3, -0.25) is 4.79 Å². The Kier molecular flexibility index (Phi) is 5.86. The Morgan fingerprint density at radius 3 is 2.34 bits per heavy atom. The number of halogens is 1. The summed E-state index contributed by atoms with van der Waals surface area (Å²) in [7, 11) is 3.07. The van der Waals surface area contributed by atoms with Gasteiger partial charge in [-0.15, -0.1) is 0 Å². The number of methoxy groups -OCH3 is 2. The van der Waals surface area contributed by atoms with Crippen LogP contribution in [0.4, 0.5) is 4.39 Å². The Balaban J connectivity index is 1.91. The predicted octanol–water partition coefficient (Wildman–Crippen LogP) is 5.81. The Morgan fingerprint density at radius 2 is 1.62 bits per heavy atom. The van der Waals surface area contributed by atoms with E-state index in [1.165, 1.54) is 13.2 Å². The van der Waals surface area contributed by atoms with Gasteiger partial charge in [0.2, 0.25) is 11.2 Å². The molecule has 0 spiro atoms. The number of benzene rings is 3. The van der Waals surface area contributed by atoms with Crippen LogP contribution >= 0.6 is 0 Å². The molecule has 3 aromatic carbocycles. The molecule has 0 aliphatic rings. The summed E-state index contributed by atoms with van der Waals surface area (Å²) in [5, 5.41) is 0.404. The van der Waals surface area contributed by atoms with Crippen LogP contribution in [0.1, 0.15) is 16.7 Å². The normalized spacial score (nSPS) is 10.9. The van der Waals surface area contributed by atoms with E-state index in [1.807, 2.05) is 19.9 Å². The zero-order valence-corrected chi connectivity index (χ0v) is 18.3. The van der Waals surface area contributed by atoms with Gasteiger partial charge in [-0.25, -0.2) is 4.39 Å². The van der Waals surface area contributed by atoms with Crippen molar-refractivity contribution in [2.45, 2.75) is 20.5 Å². The lowest BCUT2D eigenvalue weighted by atomic mass is 10.0. The Bertz CT molecular complexity index is 1360. The lowest BCUT2D eigenvalue weighted by molar-refractivity contribution is 0.292. The van der Waals surface area contributed by atoms with Crippen molar-refractivity contribution in [3.63, 3.8) is 0 Å². The molecule has 1 heterocycles. The van der Waals surface area contributed by atoms with E-state index in [4.69, 9.17) is 18.6 Å². The molecule has 0 saturated heterocycles. The molecular weight excluding hydrogens is 411 g/mol. The van der Waals surface area contributed by atoms with Gasteiger partial charge in [-0.2, -0.15) is 0 Å². The minimum Gasteiger partial charge on any atom is -0.493 e. The van der Waals surface area contributed by atoms with Gasteiger partial charge in [0.1, 0.15) is 18.0 Å². The molecule has 0 saturated carbocycles. The van der Waals surface area contributed by atoms with Crippen LogP contribution in [-0.4, -0.2) is 14.2 Å². The first-order valence-electron chi connectivity index (χ1n) is 10.1. The molecule has 0 aliphatic heterocycles. The van der Waals surface area contributed by atoms with E-state index in [0.29, 0.717) is 33.6 Å². The third-order valence-corrected chi connectivity index (χ3v) is 5.44. The van der Waals surface area contributed by atoms with E-state index in [2.05, 4.69) is 0 Å². The highest BCUT2D eigenvalue weighted by Crippen LogP contribution is 2.37. The molecular formula is C26H23FO5. The largest absolute Gasteiger partial charge is 0.493 e. The van der Waals surface area contributed by atoms with Crippen molar-refractivity contribution < 1.29 is 23.0 Å². The van der Waals surface area contributed by atoms with E-state index in [9.17, 15) is 9.18 Å². The SMILES string of the molecule is COc1ccc(-c2oc3cc(C)c(C)cc3c(=O)c2OCc2ccccc2F)cc1OC. The lowest BCUT2D eigenvalue weighted by Gasteiger charge is -2.14. The second-order valence-electron chi connectivity index (χ2n) is 7.47. The van der Waals surface area contributed by atoms with Crippen LogP contribution < -0.4 is 19.6 Å². The molecule has 32 heavy (non-hydrogen) atoms. The molecule has 0 fully saturated rings. The van der Waals surface area contributed by atoms with Crippen molar-refractivity contribution >= 4 is 11.0 Å². The average Bonchev–Trinajstić information content (AvgIpc) is 2.80. The zero-order chi connectivity index (χ0) is 22.8. The number of ether oxygens (including phenoxy) is 3. The lowest BCUT2D eigenvalue weighted by Crippen LogP contribution is -2.11. The van der Waals surface area contributed by atoms with Crippen LogP contribution in [0.5, 0.6) is 17.2 Å². The standard InChI is InChI=1S/C26H23FO5/c1-15-11-19-22(12-16(15)2)32-25(17-9-10-21(29-3)23(13-17)30-4)26(24(19)28)31-14-18-7-5-6-8-20(18)27/h5-13H,14H2,1-4H3. The van der Waals surface area contributed by atoms with E-state index >= 15 is 0 Å². The maximum atomic E-state index is 14.1. The summed E-state index contributed by atoms with van der Waals surface area (Å²) in [5.74, 6) is 0.864. The summed E-state index contributed by atoms with van der Waals surface area (Å²) in [6.07, 6.45) is 0. The van der Waals surface area contributed by atoms with Gasteiger partial charge in [0.15, 0.2) is 17.3 Å². The number of fused-ring (bicyclic) bond motifs is 1. The quantitative estimate of drug-likeness (QED) is 0.383. The maximum absolute atomic E-state index is 14.1. The number of hydrogen-bond donors (Lipinski definition) is 0. The molecule has 0 unspecified atom stereocenters. The van der Waals surface area contributed by atoms with Crippen LogP contribution in [0.15, 0.2) is 63.8 Å². The molecule has 0 N–H and O–H groups in total. The summed E-state index contributed by atoms with van der Waals surface area (Å²) in [4.78, 5) is 13.4. The summed E-state index contributed by atoms with van der Waals surface area (Å²) in [6, 6.07) is 15.1. The molecule has 4 aromatic rings. The second-order valence-corrected chi connectivity index (χ2v) is 7.47. The molecule has 164 valence electrons. The topological polar surface area (TPSA) is 57.9 Å². The Labute approximate surface area is 185 Å². The molecule has 0 amide bonds. The van der Waals surface area contributed by atoms with Gasteiger partial charge >= 0.3 is 0 Å². The summed E-state index contributed by atoms with van der Waals surface area (Å²) >= 11 is 0. The van der Waals surface area contributed by atoms with E-state index < -0.39 is 5.82 Å². The maximum Gasteiger partial charge on any atom is 0.235 e. The van der Waals surface area contributed by atoms with Gasteiger partial charge in [-0.1, -0.05) is 18.2 Å². The first-order chi connectivity index (χ1) is 15.4. The fourth-order valence-corrected chi connectivity index (χ4v) is 3.50. The second kappa shape index (κ2) is 8.75. The van der Waals surface area contributed by atoms with E-state index in [1.54, 1.807) is 49.6 Å². The zero-order valence-electron chi connectivity index (χ0n) is 18.3. The smallest absolute Gasteiger partial charge is 0.235 e. The molecule has 6 heteroatoms. The van der Waals surface area contributed by atoms with Gasteiger partial charge in [-0.05, 0) is 61.4 Å². The number of aryl methyl sites for hydroxylation is 2. The summed E-state index contributed by atoms with van der Waals surface area (Å²) in [5.41, 5.74) is 2.99. The van der Waals surface area contributed by atoms with Gasteiger partial charge in [0.25, 0.3) is 0 Å². The van der Waals surface area contributed by atoms with Crippen LogP contribution in [0.3, 0.4) is 0 Å². The van der Waals surface area contributed by atoms with Gasteiger partial charge < -0.3 is 18.6 Å². The minimum absolute atomic E-state index is 0.0104. The van der Waals surface area contributed by atoms with Crippen molar-refractivity contribution in [3.05, 3.63) is 87.3 Å².